The molecule has 0 aliphatic heterocycles. The van der Waals surface area contributed by atoms with Crippen molar-refractivity contribution in [2.24, 2.45) is 0 Å². The number of nitrogens with zero attached hydrogens (tertiary/aromatic N) is 2. The molecule has 0 spiro atoms. The number of aliphatic hydroxyl groups is 1. The van der Waals surface area contributed by atoms with Gasteiger partial charge in [0, 0.05) is 18.3 Å². The van der Waals surface area contributed by atoms with Crippen molar-refractivity contribution in [2.45, 2.75) is 56.2 Å². The Labute approximate surface area is 107 Å². The van der Waals surface area contributed by atoms with Gasteiger partial charge in [0.25, 0.3) is 0 Å². The van der Waals surface area contributed by atoms with E-state index in [0.717, 1.165) is 0 Å². The second-order valence-corrected chi connectivity index (χ2v) is 7.19. The molecular formula is C11H19N3O3S. The zero-order valence-corrected chi connectivity index (χ0v) is 11.6. The van der Waals surface area contributed by atoms with E-state index < -0.39 is 15.6 Å². The fourth-order valence-corrected chi connectivity index (χ4v) is 3.29. The fourth-order valence-electron chi connectivity index (χ4n) is 2.11. The summed E-state index contributed by atoms with van der Waals surface area (Å²) >= 11 is 0. The van der Waals surface area contributed by atoms with Crippen LogP contribution in [-0.4, -0.2) is 34.9 Å². The second kappa shape index (κ2) is 4.32. The van der Waals surface area contributed by atoms with Crippen molar-refractivity contribution in [1.29, 1.82) is 0 Å². The van der Waals surface area contributed by atoms with Gasteiger partial charge in [-0.1, -0.05) is 0 Å². The fraction of sp³-hybridized carbons (Fsp3) is 0.727. The molecule has 0 bridgehead atoms. The molecule has 0 atom stereocenters. The Balaban J connectivity index is 2.07. The molecule has 2 rings (SSSR count). The molecule has 1 saturated carbocycles. The first-order valence-corrected chi connectivity index (χ1v) is 7.47. The average Bonchev–Trinajstić information content (AvgIpc) is 2.62. The minimum absolute atomic E-state index is 0.124. The van der Waals surface area contributed by atoms with Gasteiger partial charge in [0.1, 0.15) is 4.90 Å². The highest BCUT2D eigenvalue weighted by molar-refractivity contribution is 7.89. The molecule has 6 nitrogen and oxygen atoms in total. The molecule has 102 valence electrons. The van der Waals surface area contributed by atoms with E-state index in [4.69, 9.17) is 0 Å². The summed E-state index contributed by atoms with van der Waals surface area (Å²) in [4.78, 5) is 0.169. The number of hydrogen-bond acceptors (Lipinski definition) is 4. The minimum Gasteiger partial charge on any atom is -0.390 e. The Morgan fingerprint density at radius 3 is 2.61 bits per heavy atom. The van der Waals surface area contributed by atoms with E-state index in [1.807, 2.05) is 13.8 Å². The van der Waals surface area contributed by atoms with Crippen molar-refractivity contribution in [3.8, 4) is 0 Å². The lowest BCUT2D eigenvalue weighted by Gasteiger charge is -2.40. The Hall–Kier alpha value is -0.920. The molecule has 7 heteroatoms. The Kier molecular flexibility index (Phi) is 3.25. The third-order valence-electron chi connectivity index (χ3n) is 3.11. The monoisotopic (exact) mass is 273 g/mol. The van der Waals surface area contributed by atoms with Gasteiger partial charge in [-0.3, -0.25) is 4.68 Å². The SMILES string of the molecule is CC(C)n1cc(S(=O)(=O)NC2CC(C)(O)C2)cn1. The van der Waals surface area contributed by atoms with Gasteiger partial charge < -0.3 is 5.11 Å². The first kappa shape index (κ1) is 13.5. The summed E-state index contributed by atoms with van der Waals surface area (Å²) in [5.74, 6) is 0. The van der Waals surface area contributed by atoms with Gasteiger partial charge in [-0.25, -0.2) is 13.1 Å². The third-order valence-corrected chi connectivity index (χ3v) is 4.59. The van der Waals surface area contributed by atoms with E-state index >= 15 is 0 Å². The maximum absolute atomic E-state index is 12.0. The zero-order chi connectivity index (χ0) is 13.6. The summed E-state index contributed by atoms with van der Waals surface area (Å²) in [6.07, 6.45) is 3.76. The predicted molar refractivity (Wildman–Crippen MR) is 66.6 cm³/mol. The lowest BCUT2D eigenvalue weighted by Crippen LogP contribution is -2.53. The summed E-state index contributed by atoms with van der Waals surface area (Å²) in [5.41, 5.74) is -0.741. The van der Waals surface area contributed by atoms with Gasteiger partial charge in [0.05, 0.1) is 11.8 Å². The maximum atomic E-state index is 12.0. The topological polar surface area (TPSA) is 84.2 Å². The Morgan fingerprint density at radius 1 is 1.56 bits per heavy atom. The summed E-state index contributed by atoms with van der Waals surface area (Å²) in [6, 6.07) is -0.0641. The van der Waals surface area contributed by atoms with Crippen molar-refractivity contribution in [3.63, 3.8) is 0 Å². The highest BCUT2D eigenvalue weighted by atomic mass is 32.2. The Bertz CT molecular complexity index is 525. The quantitative estimate of drug-likeness (QED) is 0.844. The highest BCUT2D eigenvalue weighted by Gasteiger charge is 2.40. The molecule has 18 heavy (non-hydrogen) atoms. The zero-order valence-electron chi connectivity index (χ0n) is 10.8. The van der Waals surface area contributed by atoms with Crippen LogP contribution in [0.2, 0.25) is 0 Å². The molecule has 0 aromatic carbocycles. The van der Waals surface area contributed by atoms with Crippen LogP contribution in [0.15, 0.2) is 17.3 Å². The third kappa shape index (κ3) is 2.73. The van der Waals surface area contributed by atoms with Gasteiger partial charge in [0.15, 0.2) is 0 Å². The summed E-state index contributed by atoms with van der Waals surface area (Å²) < 4.78 is 28.3. The van der Waals surface area contributed by atoms with Crippen LogP contribution in [0.4, 0.5) is 0 Å². The van der Waals surface area contributed by atoms with E-state index in [1.54, 1.807) is 11.6 Å². The molecule has 0 radical (unpaired) electrons. The summed E-state index contributed by atoms with van der Waals surface area (Å²) in [6.45, 7) is 5.56. The standard InChI is InChI=1S/C11H19N3O3S/c1-8(2)14-7-10(6-12-14)18(16,17)13-9-4-11(3,15)5-9/h6-9,13,15H,4-5H2,1-3H3. The first-order chi connectivity index (χ1) is 8.20. The molecule has 2 N–H and O–H groups in total. The first-order valence-electron chi connectivity index (χ1n) is 5.98. The van der Waals surface area contributed by atoms with E-state index in [9.17, 15) is 13.5 Å². The van der Waals surface area contributed by atoms with Gasteiger partial charge in [-0.2, -0.15) is 5.10 Å². The van der Waals surface area contributed by atoms with Crippen LogP contribution in [0.25, 0.3) is 0 Å². The van der Waals surface area contributed by atoms with Gasteiger partial charge >= 0.3 is 0 Å². The summed E-state index contributed by atoms with van der Waals surface area (Å²) in [5, 5.41) is 13.6. The van der Waals surface area contributed by atoms with Crippen LogP contribution < -0.4 is 4.72 Å². The van der Waals surface area contributed by atoms with Crippen LogP contribution in [0, 0.1) is 0 Å². The average molecular weight is 273 g/mol. The maximum Gasteiger partial charge on any atom is 0.243 e. The molecule has 0 unspecified atom stereocenters. The smallest absolute Gasteiger partial charge is 0.243 e. The van der Waals surface area contributed by atoms with Crippen molar-refractivity contribution >= 4 is 10.0 Å². The van der Waals surface area contributed by atoms with Crippen LogP contribution >= 0.6 is 0 Å². The molecule has 1 aliphatic rings. The van der Waals surface area contributed by atoms with Crippen LogP contribution in [0.1, 0.15) is 39.7 Å². The molecule has 1 aliphatic carbocycles. The van der Waals surface area contributed by atoms with Gasteiger partial charge in [0.2, 0.25) is 10.0 Å². The lowest BCUT2D eigenvalue weighted by atomic mass is 9.78. The summed E-state index contributed by atoms with van der Waals surface area (Å²) in [7, 11) is -3.53. The van der Waals surface area contributed by atoms with Crippen LogP contribution in [0.5, 0.6) is 0 Å². The van der Waals surface area contributed by atoms with Crippen LogP contribution in [-0.2, 0) is 10.0 Å². The second-order valence-electron chi connectivity index (χ2n) is 5.47. The molecule has 0 amide bonds. The highest BCUT2D eigenvalue weighted by Crippen LogP contribution is 2.32. The molecule has 1 fully saturated rings. The predicted octanol–water partition coefficient (Wildman–Crippen LogP) is 0.656. The number of aromatic nitrogens is 2. The largest absolute Gasteiger partial charge is 0.390 e. The van der Waals surface area contributed by atoms with Crippen molar-refractivity contribution in [1.82, 2.24) is 14.5 Å². The van der Waals surface area contributed by atoms with Gasteiger partial charge in [-0.15, -0.1) is 0 Å². The molecular weight excluding hydrogens is 254 g/mol. The van der Waals surface area contributed by atoms with Crippen molar-refractivity contribution in [2.75, 3.05) is 0 Å². The Morgan fingerprint density at radius 2 is 2.17 bits per heavy atom. The van der Waals surface area contributed by atoms with E-state index in [1.165, 1.54) is 12.4 Å². The number of sulfonamides is 1. The van der Waals surface area contributed by atoms with E-state index in [-0.39, 0.29) is 17.0 Å². The van der Waals surface area contributed by atoms with Crippen molar-refractivity contribution in [3.05, 3.63) is 12.4 Å². The molecule has 1 heterocycles. The molecule has 1 aromatic heterocycles. The number of hydrogen-bond donors (Lipinski definition) is 2. The molecule has 0 saturated heterocycles. The van der Waals surface area contributed by atoms with E-state index in [0.29, 0.717) is 12.8 Å². The minimum atomic E-state index is -3.53. The van der Waals surface area contributed by atoms with Crippen molar-refractivity contribution < 1.29 is 13.5 Å². The number of rotatable bonds is 4. The lowest BCUT2D eigenvalue weighted by molar-refractivity contribution is -0.0329. The normalized spacial score (nSPS) is 28.4. The van der Waals surface area contributed by atoms with E-state index in [2.05, 4.69) is 9.82 Å². The number of nitrogens with one attached hydrogen (secondary N) is 1. The van der Waals surface area contributed by atoms with Gasteiger partial charge in [-0.05, 0) is 33.6 Å². The van der Waals surface area contributed by atoms with Crippen LogP contribution in [0.3, 0.4) is 0 Å². The molecule has 1 aromatic rings.